The van der Waals surface area contributed by atoms with E-state index in [1.165, 1.54) is 0 Å². The van der Waals surface area contributed by atoms with Gasteiger partial charge in [-0.05, 0) is 22.0 Å². The summed E-state index contributed by atoms with van der Waals surface area (Å²) in [5.41, 5.74) is 2.52. The van der Waals surface area contributed by atoms with Crippen LogP contribution < -0.4 is 11.3 Å². The fourth-order valence-corrected chi connectivity index (χ4v) is 0.942. The zero-order valence-corrected chi connectivity index (χ0v) is 7.83. The summed E-state index contributed by atoms with van der Waals surface area (Å²) in [7, 11) is 0. The van der Waals surface area contributed by atoms with E-state index in [0.29, 0.717) is 5.56 Å². The van der Waals surface area contributed by atoms with Crippen LogP contribution in [0.15, 0.2) is 16.9 Å². The van der Waals surface area contributed by atoms with Gasteiger partial charge in [-0.15, -0.1) is 12.4 Å². The van der Waals surface area contributed by atoms with E-state index < -0.39 is 0 Å². The molecule has 62 valence electrons. The zero-order chi connectivity index (χ0) is 7.56. The lowest BCUT2D eigenvalue weighted by Crippen LogP contribution is -2.29. The lowest BCUT2D eigenvalue weighted by molar-refractivity contribution is 0.0954. The normalized spacial score (nSPS) is 8.55. The van der Waals surface area contributed by atoms with Crippen LogP contribution in [0.4, 0.5) is 0 Å². The van der Waals surface area contributed by atoms with Gasteiger partial charge in [0.2, 0.25) is 0 Å². The average Bonchev–Trinajstić information content (AvgIpc) is 2.34. The number of hydrogen-bond donors (Lipinski definition) is 3. The molecule has 0 aliphatic carbocycles. The highest BCUT2D eigenvalue weighted by atomic mass is 79.9. The van der Waals surface area contributed by atoms with Gasteiger partial charge in [-0.2, -0.15) is 0 Å². The number of nitrogen functional groups attached to an aromatic ring is 1. The van der Waals surface area contributed by atoms with Crippen LogP contribution >= 0.6 is 28.3 Å². The molecule has 0 aliphatic heterocycles. The molecule has 0 atom stereocenters. The van der Waals surface area contributed by atoms with E-state index in [0.717, 1.165) is 4.60 Å². The molecule has 1 aromatic heterocycles. The molecule has 4 N–H and O–H groups in total. The minimum absolute atomic E-state index is 0. The Morgan fingerprint density at radius 2 is 2.36 bits per heavy atom. The predicted octanol–water partition coefficient (Wildman–Crippen LogP) is 0.803. The second-order valence-electron chi connectivity index (χ2n) is 1.71. The average molecular weight is 240 g/mol. The maximum absolute atomic E-state index is 10.7. The number of nitrogens with two attached hydrogens (primary N) is 1. The molecule has 0 aromatic carbocycles. The third-order valence-electron chi connectivity index (χ3n) is 1.04. The Kier molecular flexibility index (Phi) is 4.17. The number of aromatic amines is 1. The zero-order valence-electron chi connectivity index (χ0n) is 5.43. The van der Waals surface area contributed by atoms with Gasteiger partial charge in [-0.25, -0.2) is 5.84 Å². The van der Waals surface area contributed by atoms with Crippen LogP contribution in [0.2, 0.25) is 0 Å². The Hall–Kier alpha value is -0.520. The van der Waals surface area contributed by atoms with E-state index in [9.17, 15) is 4.79 Å². The number of hydrazine groups is 1. The fourth-order valence-electron chi connectivity index (χ4n) is 0.581. The van der Waals surface area contributed by atoms with E-state index in [4.69, 9.17) is 5.84 Å². The molecule has 0 saturated heterocycles. The minimum Gasteiger partial charge on any atom is -0.355 e. The monoisotopic (exact) mass is 239 g/mol. The van der Waals surface area contributed by atoms with Crippen molar-refractivity contribution in [3.8, 4) is 0 Å². The molecule has 4 nitrogen and oxygen atoms in total. The summed E-state index contributed by atoms with van der Waals surface area (Å²) in [5, 5.41) is 0. The predicted molar refractivity (Wildman–Crippen MR) is 47.4 cm³/mol. The van der Waals surface area contributed by atoms with Crippen molar-refractivity contribution in [1.82, 2.24) is 10.4 Å². The summed E-state index contributed by atoms with van der Waals surface area (Å²) in [6, 6.07) is 1.64. The minimum atomic E-state index is -0.304. The summed E-state index contributed by atoms with van der Waals surface area (Å²) in [4.78, 5) is 13.5. The van der Waals surface area contributed by atoms with E-state index in [-0.39, 0.29) is 18.3 Å². The molecule has 0 radical (unpaired) electrons. The lowest BCUT2D eigenvalue weighted by Gasteiger charge is -1.90. The summed E-state index contributed by atoms with van der Waals surface area (Å²) < 4.78 is 0.756. The van der Waals surface area contributed by atoms with Crippen LogP contribution in [-0.2, 0) is 0 Å². The first-order valence-electron chi connectivity index (χ1n) is 2.59. The highest BCUT2D eigenvalue weighted by molar-refractivity contribution is 9.10. The fraction of sp³-hybridized carbons (Fsp3) is 0. The number of amides is 1. The number of halogens is 2. The van der Waals surface area contributed by atoms with Gasteiger partial charge in [-0.1, -0.05) is 0 Å². The Morgan fingerprint density at radius 3 is 2.73 bits per heavy atom. The molecule has 6 heteroatoms. The number of hydrogen-bond acceptors (Lipinski definition) is 2. The highest BCUT2D eigenvalue weighted by Gasteiger charge is 2.03. The Balaban J connectivity index is 0.000001000. The maximum Gasteiger partial charge on any atom is 0.266 e. The molecule has 0 aliphatic rings. The van der Waals surface area contributed by atoms with Gasteiger partial charge in [-0.3, -0.25) is 10.2 Å². The number of carbonyl (C=O) groups is 1. The smallest absolute Gasteiger partial charge is 0.266 e. The van der Waals surface area contributed by atoms with Crippen LogP contribution in [0.1, 0.15) is 10.4 Å². The van der Waals surface area contributed by atoms with E-state index >= 15 is 0 Å². The summed E-state index contributed by atoms with van der Waals surface area (Å²) in [6.45, 7) is 0. The largest absolute Gasteiger partial charge is 0.355 e. The van der Waals surface area contributed by atoms with Crippen LogP contribution in [-0.4, -0.2) is 10.9 Å². The third kappa shape index (κ3) is 2.53. The van der Waals surface area contributed by atoms with Gasteiger partial charge in [0.05, 0.1) is 10.2 Å². The van der Waals surface area contributed by atoms with Crippen molar-refractivity contribution < 1.29 is 4.79 Å². The number of carbonyl (C=O) groups excluding carboxylic acids is 1. The molecule has 0 saturated carbocycles. The SMILES string of the molecule is Cl.NNC(=O)c1c[nH]c(Br)c1. The number of nitrogens with one attached hydrogen (secondary N) is 2. The molecule has 0 unspecified atom stereocenters. The maximum atomic E-state index is 10.7. The van der Waals surface area contributed by atoms with Crippen molar-refractivity contribution in [2.75, 3.05) is 0 Å². The third-order valence-corrected chi connectivity index (χ3v) is 1.50. The quantitative estimate of drug-likeness (QED) is 0.386. The first kappa shape index (κ1) is 10.5. The van der Waals surface area contributed by atoms with Crippen molar-refractivity contribution in [3.63, 3.8) is 0 Å². The van der Waals surface area contributed by atoms with E-state index in [1.54, 1.807) is 12.3 Å². The van der Waals surface area contributed by atoms with Crippen LogP contribution in [0.25, 0.3) is 0 Å². The molecule has 0 fully saturated rings. The van der Waals surface area contributed by atoms with Crippen molar-refractivity contribution in [2.24, 2.45) is 5.84 Å². The number of aromatic nitrogens is 1. The molecule has 11 heavy (non-hydrogen) atoms. The standard InChI is InChI=1S/C5H6BrN3O.ClH/c6-4-1-3(2-8-4)5(10)9-7;/h1-2,8H,7H2,(H,9,10);1H. The van der Waals surface area contributed by atoms with Crippen molar-refractivity contribution >= 4 is 34.2 Å². The van der Waals surface area contributed by atoms with Gasteiger partial charge in [0.25, 0.3) is 5.91 Å². The van der Waals surface area contributed by atoms with Gasteiger partial charge in [0.1, 0.15) is 0 Å². The lowest BCUT2D eigenvalue weighted by atomic mass is 10.3. The highest BCUT2D eigenvalue weighted by Crippen LogP contribution is 2.08. The first-order chi connectivity index (χ1) is 4.74. The summed E-state index contributed by atoms with van der Waals surface area (Å²) in [6.07, 6.45) is 1.56. The Morgan fingerprint density at radius 1 is 1.73 bits per heavy atom. The molecule has 1 rings (SSSR count). The summed E-state index contributed by atoms with van der Waals surface area (Å²) in [5.74, 6) is 4.58. The van der Waals surface area contributed by atoms with E-state index in [1.807, 2.05) is 5.43 Å². The van der Waals surface area contributed by atoms with Crippen molar-refractivity contribution in [1.29, 1.82) is 0 Å². The molecule has 1 amide bonds. The topological polar surface area (TPSA) is 70.9 Å². The second kappa shape index (κ2) is 4.38. The number of rotatable bonds is 1. The molecule has 0 spiro atoms. The van der Waals surface area contributed by atoms with E-state index in [2.05, 4.69) is 20.9 Å². The van der Waals surface area contributed by atoms with Crippen LogP contribution in [0.3, 0.4) is 0 Å². The Labute approximate surface area is 78.0 Å². The van der Waals surface area contributed by atoms with Gasteiger partial charge < -0.3 is 4.98 Å². The number of H-pyrrole nitrogens is 1. The first-order valence-corrected chi connectivity index (χ1v) is 3.38. The second-order valence-corrected chi connectivity index (χ2v) is 2.56. The van der Waals surface area contributed by atoms with Gasteiger partial charge in [0, 0.05) is 6.20 Å². The Bertz CT molecular complexity index is 250. The van der Waals surface area contributed by atoms with Gasteiger partial charge in [0.15, 0.2) is 0 Å². The molecular formula is C5H7BrClN3O. The molecule has 1 heterocycles. The van der Waals surface area contributed by atoms with Crippen molar-refractivity contribution in [2.45, 2.75) is 0 Å². The van der Waals surface area contributed by atoms with Crippen LogP contribution in [0.5, 0.6) is 0 Å². The molecule has 0 bridgehead atoms. The van der Waals surface area contributed by atoms with Crippen molar-refractivity contribution in [3.05, 3.63) is 22.4 Å². The molecular weight excluding hydrogens is 233 g/mol. The van der Waals surface area contributed by atoms with Crippen LogP contribution in [0, 0.1) is 0 Å². The van der Waals surface area contributed by atoms with Gasteiger partial charge >= 0.3 is 0 Å². The molecule has 1 aromatic rings. The summed E-state index contributed by atoms with van der Waals surface area (Å²) >= 11 is 3.15.